The monoisotopic (exact) mass is 129 g/mol. The highest BCUT2D eigenvalue weighted by Crippen LogP contribution is 2.00. The van der Waals surface area contributed by atoms with Crippen LogP contribution in [0.2, 0.25) is 0 Å². The first-order valence-corrected chi connectivity index (χ1v) is 2.66. The minimum absolute atomic E-state index is 0.0324. The summed E-state index contributed by atoms with van der Waals surface area (Å²) in [5, 5.41) is 8.90. The third-order valence-electron chi connectivity index (χ3n) is 0.963. The predicted octanol–water partition coefficient (Wildman–Crippen LogP) is -0.201. The van der Waals surface area contributed by atoms with Gasteiger partial charge in [-0.05, 0) is 6.92 Å². The fourth-order valence-corrected chi connectivity index (χ4v) is 0.365. The molecule has 0 saturated heterocycles. The van der Waals surface area contributed by atoms with Crippen LogP contribution < -0.4 is 5.73 Å². The van der Waals surface area contributed by atoms with Crippen molar-refractivity contribution in [2.45, 2.75) is 19.4 Å². The van der Waals surface area contributed by atoms with Gasteiger partial charge in [0.05, 0.1) is 12.5 Å². The quantitative estimate of drug-likeness (QED) is 0.518. The number of amides is 1. The predicted molar refractivity (Wildman–Crippen MR) is 34.6 cm³/mol. The van der Waals surface area contributed by atoms with Crippen LogP contribution in [-0.4, -0.2) is 17.1 Å². The molecule has 1 atom stereocenters. The molecule has 3 N–H and O–H groups in total. The molecule has 0 aliphatic rings. The minimum atomic E-state index is -0.775. The summed E-state index contributed by atoms with van der Waals surface area (Å²) in [5.41, 5.74) is 5.35. The Hall–Kier alpha value is -0.830. The maximum Gasteiger partial charge on any atom is 0.220 e. The molecule has 0 radical (unpaired) electrons. The van der Waals surface area contributed by atoms with Gasteiger partial charge in [0, 0.05) is 0 Å². The van der Waals surface area contributed by atoms with Gasteiger partial charge in [0.15, 0.2) is 0 Å². The molecule has 0 aliphatic heterocycles. The van der Waals surface area contributed by atoms with Gasteiger partial charge in [0.2, 0.25) is 5.91 Å². The molecule has 0 saturated carbocycles. The van der Waals surface area contributed by atoms with Crippen LogP contribution in [0.5, 0.6) is 0 Å². The van der Waals surface area contributed by atoms with Crippen molar-refractivity contribution in [1.82, 2.24) is 0 Å². The average Bonchev–Trinajstić information content (AvgIpc) is 1.63. The normalized spacial score (nSPS) is 12.7. The number of nitrogens with two attached hydrogens (primary N) is 1. The summed E-state index contributed by atoms with van der Waals surface area (Å²) in [6.07, 6.45) is -0.808. The van der Waals surface area contributed by atoms with Crippen LogP contribution in [0.3, 0.4) is 0 Å². The summed E-state index contributed by atoms with van der Waals surface area (Å²) in [7, 11) is 0. The molecule has 0 fully saturated rings. The van der Waals surface area contributed by atoms with Crippen LogP contribution in [0.1, 0.15) is 13.3 Å². The van der Waals surface area contributed by atoms with E-state index >= 15 is 0 Å². The van der Waals surface area contributed by atoms with Crippen molar-refractivity contribution in [3.05, 3.63) is 12.2 Å². The zero-order valence-electron chi connectivity index (χ0n) is 5.42. The van der Waals surface area contributed by atoms with Gasteiger partial charge in [-0.2, -0.15) is 0 Å². The van der Waals surface area contributed by atoms with Crippen LogP contribution in [0.4, 0.5) is 0 Å². The number of aliphatic hydroxyl groups excluding tert-OH is 1. The van der Waals surface area contributed by atoms with Crippen LogP contribution in [0.15, 0.2) is 12.2 Å². The highest BCUT2D eigenvalue weighted by molar-refractivity contribution is 5.74. The molecule has 0 heterocycles. The van der Waals surface area contributed by atoms with Gasteiger partial charge >= 0.3 is 0 Å². The molecular weight excluding hydrogens is 118 g/mol. The lowest BCUT2D eigenvalue weighted by molar-refractivity contribution is -0.119. The minimum Gasteiger partial charge on any atom is -0.388 e. The maximum atomic E-state index is 10.1. The summed E-state index contributed by atoms with van der Waals surface area (Å²) in [6.45, 7) is 5.10. The molecule has 0 aliphatic carbocycles. The van der Waals surface area contributed by atoms with Crippen LogP contribution in [-0.2, 0) is 4.79 Å². The summed E-state index contributed by atoms with van der Waals surface area (Å²) in [4.78, 5) is 10.1. The average molecular weight is 129 g/mol. The first-order valence-electron chi connectivity index (χ1n) is 2.66. The highest BCUT2D eigenvalue weighted by atomic mass is 16.3. The summed E-state index contributed by atoms with van der Waals surface area (Å²) in [6, 6.07) is 0. The molecule has 1 amide bonds. The topological polar surface area (TPSA) is 63.3 Å². The molecule has 0 spiro atoms. The van der Waals surface area contributed by atoms with E-state index in [2.05, 4.69) is 6.58 Å². The highest BCUT2D eigenvalue weighted by Gasteiger charge is 2.06. The second-order valence-corrected chi connectivity index (χ2v) is 2.03. The van der Waals surface area contributed by atoms with Gasteiger partial charge in [0.25, 0.3) is 0 Å². The Kier molecular flexibility index (Phi) is 2.95. The van der Waals surface area contributed by atoms with E-state index in [1.54, 1.807) is 6.92 Å². The first kappa shape index (κ1) is 8.17. The number of carbonyl (C=O) groups excluding carboxylic acids is 1. The molecule has 0 rings (SSSR count). The SMILES string of the molecule is C=C(C)[C@@H](O)CC(N)=O. The van der Waals surface area contributed by atoms with Gasteiger partial charge in [-0.1, -0.05) is 12.2 Å². The molecule has 0 aromatic carbocycles. The first-order chi connectivity index (χ1) is 4.04. The Morgan fingerprint density at radius 2 is 2.33 bits per heavy atom. The van der Waals surface area contributed by atoms with E-state index in [1.165, 1.54) is 0 Å². The van der Waals surface area contributed by atoms with Crippen molar-refractivity contribution in [3.8, 4) is 0 Å². The van der Waals surface area contributed by atoms with Gasteiger partial charge in [-0.25, -0.2) is 0 Å². The van der Waals surface area contributed by atoms with Gasteiger partial charge in [-0.3, -0.25) is 4.79 Å². The number of primary amides is 1. The smallest absolute Gasteiger partial charge is 0.220 e. The van der Waals surface area contributed by atoms with E-state index < -0.39 is 12.0 Å². The van der Waals surface area contributed by atoms with Crippen LogP contribution in [0.25, 0.3) is 0 Å². The largest absolute Gasteiger partial charge is 0.388 e. The van der Waals surface area contributed by atoms with E-state index in [4.69, 9.17) is 10.8 Å². The van der Waals surface area contributed by atoms with Crippen molar-refractivity contribution in [1.29, 1.82) is 0 Å². The number of carbonyl (C=O) groups is 1. The van der Waals surface area contributed by atoms with E-state index in [9.17, 15) is 4.79 Å². The van der Waals surface area contributed by atoms with Crippen molar-refractivity contribution in [2.75, 3.05) is 0 Å². The maximum absolute atomic E-state index is 10.1. The third kappa shape index (κ3) is 3.73. The molecule has 0 aromatic heterocycles. The lowest BCUT2D eigenvalue weighted by Gasteiger charge is -2.05. The summed E-state index contributed by atoms with van der Waals surface area (Å²) >= 11 is 0. The fraction of sp³-hybridized carbons (Fsp3) is 0.500. The van der Waals surface area contributed by atoms with E-state index in [-0.39, 0.29) is 6.42 Å². The fourth-order valence-electron chi connectivity index (χ4n) is 0.365. The van der Waals surface area contributed by atoms with Crippen molar-refractivity contribution < 1.29 is 9.90 Å². The Bertz CT molecular complexity index is 131. The van der Waals surface area contributed by atoms with Gasteiger partial charge in [-0.15, -0.1) is 0 Å². The van der Waals surface area contributed by atoms with Crippen LogP contribution in [0, 0.1) is 0 Å². The van der Waals surface area contributed by atoms with Crippen molar-refractivity contribution >= 4 is 5.91 Å². The number of hydrogen-bond acceptors (Lipinski definition) is 2. The zero-order chi connectivity index (χ0) is 7.44. The molecule has 0 unspecified atom stereocenters. The third-order valence-corrected chi connectivity index (χ3v) is 0.963. The summed E-state index contributed by atoms with van der Waals surface area (Å²) < 4.78 is 0. The molecule has 0 bridgehead atoms. The lowest BCUT2D eigenvalue weighted by atomic mass is 10.1. The Balaban J connectivity index is 3.63. The van der Waals surface area contributed by atoms with Gasteiger partial charge in [0.1, 0.15) is 0 Å². The molecular formula is C6H11NO2. The van der Waals surface area contributed by atoms with Crippen LogP contribution >= 0.6 is 0 Å². The molecule has 9 heavy (non-hydrogen) atoms. The summed E-state index contributed by atoms with van der Waals surface area (Å²) in [5.74, 6) is -0.509. The lowest BCUT2D eigenvalue weighted by Crippen LogP contribution is -2.20. The number of hydrogen-bond donors (Lipinski definition) is 2. The molecule has 0 aromatic rings. The molecule has 3 nitrogen and oxygen atoms in total. The second kappa shape index (κ2) is 3.25. The molecule has 52 valence electrons. The standard InChI is InChI=1S/C6H11NO2/c1-4(2)5(8)3-6(7)9/h5,8H,1,3H2,2H3,(H2,7,9)/t5-/m0/s1. The Morgan fingerprint density at radius 1 is 1.89 bits per heavy atom. The van der Waals surface area contributed by atoms with E-state index in [1.807, 2.05) is 0 Å². The zero-order valence-corrected chi connectivity index (χ0v) is 5.42. The van der Waals surface area contributed by atoms with E-state index in [0.29, 0.717) is 5.57 Å². The number of rotatable bonds is 3. The van der Waals surface area contributed by atoms with Gasteiger partial charge < -0.3 is 10.8 Å². The second-order valence-electron chi connectivity index (χ2n) is 2.03. The molecule has 3 heteroatoms. The van der Waals surface area contributed by atoms with Crippen molar-refractivity contribution in [2.24, 2.45) is 5.73 Å². The van der Waals surface area contributed by atoms with E-state index in [0.717, 1.165) is 0 Å². The van der Waals surface area contributed by atoms with Crippen molar-refractivity contribution in [3.63, 3.8) is 0 Å². The number of aliphatic hydroxyl groups is 1. The Labute approximate surface area is 54.2 Å². The Morgan fingerprint density at radius 3 is 2.44 bits per heavy atom.